The molecule has 23 heavy (non-hydrogen) atoms. The van der Waals surface area contributed by atoms with Crippen molar-refractivity contribution in [3.05, 3.63) is 53.6 Å². The molecule has 0 heterocycles. The van der Waals surface area contributed by atoms with E-state index >= 15 is 0 Å². The molecule has 3 N–H and O–H groups in total. The van der Waals surface area contributed by atoms with Crippen molar-refractivity contribution in [1.82, 2.24) is 0 Å². The third-order valence-corrected chi connectivity index (χ3v) is 3.99. The van der Waals surface area contributed by atoms with Crippen LogP contribution in [0.1, 0.15) is 37.0 Å². The molecule has 0 aromatic heterocycles. The van der Waals surface area contributed by atoms with Gasteiger partial charge in [0.05, 0.1) is 13.2 Å². The quantitative estimate of drug-likeness (QED) is 0.726. The lowest BCUT2D eigenvalue weighted by molar-refractivity contribution is 0.157. The maximum Gasteiger partial charge on any atom is 0.119 e. The van der Waals surface area contributed by atoms with Crippen molar-refractivity contribution in [2.45, 2.75) is 32.3 Å². The molecule has 0 bridgehead atoms. The SMILES string of the molecule is COc1ccc(C[C@@H](C)CC[C@@H](O)c2cc(O)cc(O)c2)cc1. The number of phenols is 2. The van der Waals surface area contributed by atoms with Gasteiger partial charge in [0, 0.05) is 6.07 Å². The lowest BCUT2D eigenvalue weighted by Crippen LogP contribution is -2.04. The normalized spacial score (nSPS) is 13.5. The molecule has 0 unspecified atom stereocenters. The summed E-state index contributed by atoms with van der Waals surface area (Å²) in [5.41, 5.74) is 1.78. The van der Waals surface area contributed by atoms with E-state index < -0.39 is 6.10 Å². The first-order valence-electron chi connectivity index (χ1n) is 7.82. The van der Waals surface area contributed by atoms with E-state index in [4.69, 9.17) is 4.74 Å². The lowest BCUT2D eigenvalue weighted by Gasteiger charge is -2.16. The highest BCUT2D eigenvalue weighted by Crippen LogP contribution is 2.28. The molecular formula is C19H24O4. The molecule has 124 valence electrons. The van der Waals surface area contributed by atoms with Crippen molar-refractivity contribution < 1.29 is 20.1 Å². The van der Waals surface area contributed by atoms with Gasteiger partial charge in [-0.1, -0.05) is 19.1 Å². The summed E-state index contributed by atoms with van der Waals surface area (Å²) in [5, 5.41) is 29.2. The monoisotopic (exact) mass is 316 g/mol. The Labute approximate surface area is 137 Å². The highest BCUT2D eigenvalue weighted by molar-refractivity contribution is 5.37. The summed E-state index contributed by atoms with van der Waals surface area (Å²) in [6, 6.07) is 12.2. The molecule has 0 fully saturated rings. The van der Waals surface area contributed by atoms with Gasteiger partial charge in [-0.3, -0.25) is 0 Å². The number of rotatable bonds is 7. The fourth-order valence-corrected chi connectivity index (χ4v) is 2.69. The van der Waals surface area contributed by atoms with Crippen LogP contribution in [0.5, 0.6) is 17.2 Å². The van der Waals surface area contributed by atoms with E-state index in [0.29, 0.717) is 17.9 Å². The number of hydrogen-bond acceptors (Lipinski definition) is 4. The fraction of sp³-hybridized carbons (Fsp3) is 0.368. The molecule has 4 nitrogen and oxygen atoms in total. The summed E-state index contributed by atoms with van der Waals surface area (Å²) in [6.45, 7) is 2.15. The Hall–Kier alpha value is -2.20. The van der Waals surface area contributed by atoms with Crippen molar-refractivity contribution in [3.8, 4) is 17.2 Å². The molecule has 0 radical (unpaired) electrons. The molecule has 2 atom stereocenters. The van der Waals surface area contributed by atoms with Gasteiger partial charge < -0.3 is 20.1 Å². The van der Waals surface area contributed by atoms with Crippen LogP contribution < -0.4 is 4.74 Å². The minimum absolute atomic E-state index is 0.0367. The molecule has 0 saturated heterocycles. The van der Waals surface area contributed by atoms with E-state index in [2.05, 4.69) is 19.1 Å². The molecule has 0 aliphatic heterocycles. The molecule has 4 heteroatoms. The van der Waals surface area contributed by atoms with Crippen LogP contribution in [0.3, 0.4) is 0 Å². The van der Waals surface area contributed by atoms with Gasteiger partial charge in [-0.15, -0.1) is 0 Å². The number of methoxy groups -OCH3 is 1. The molecule has 2 aromatic rings. The first-order chi connectivity index (χ1) is 11.0. The zero-order valence-corrected chi connectivity index (χ0v) is 13.6. The predicted octanol–water partition coefficient (Wildman–Crippen LogP) is 3.80. The summed E-state index contributed by atoms with van der Waals surface area (Å²) in [4.78, 5) is 0. The summed E-state index contributed by atoms with van der Waals surface area (Å²) in [7, 11) is 1.65. The Bertz CT molecular complexity index is 602. The average molecular weight is 316 g/mol. The van der Waals surface area contributed by atoms with Crippen molar-refractivity contribution in [3.63, 3.8) is 0 Å². The van der Waals surface area contributed by atoms with E-state index in [-0.39, 0.29) is 11.5 Å². The average Bonchev–Trinajstić information content (AvgIpc) is 2.52. The van der Waals surface area contributed by atoms with Crippen molar-refractivity contribution in [2.75, 3.05) is 7.11 Å². The lowest BCUT2D eigenvalue weighted by atomic mass is 9.93. The number of hydrogen-bond donors (Lipinski definition) is 3. The van der Waals surface area contributed by atoms with Crippen LogP contribution in [0.2, 0.25) is 0 Å². The second kappa shape index (κ2) is 7.88. The van der Waals surface area contributed by atoms with Crippen molar-refractivity contribution in [2.24, 2.45) is 5.92 Å². The van der Waals surface area contributed by atoms with Crippen LogP contribution in [0.25, 0.3) is 0 Å². The van der Waals surface area contributed by atoms with Crippen LogP contribution >= 0.6 is 0 Å². The largest absolute Gasteiger partial charge is 0.508 e. The summed E-state index contributed by atoms with van der Waals surface area (Å²) in [5.74, 6) is 1.19. The van der Waals surface area contributed by atoms with Gasteiger partial charge in [-0.25, -0.2) is 0 Å². The van der Waals surface area contributed by atoms with Gasteiger partial charge in [-0.2, -0.15) is 0 Å². The van der Waals surface area contributed by atoms with Crippen molar-refractivity contribution >= 4 is 0 Å². The van der Waals surface area contributed by atoms with E-state index in [0.717, 1.165) is 18.6 Å². The molecule has 0 spiro atoms. The Balaban J connectivity index is 1.86. The summed E-state index contributed by atoms with van der Waals surface area (Å²) >= 11 is 0. The highest BCUT2D eigenvalue weighted by atomic mass is 16.5. The van der Waals surface area contributed by atoms with Crippen LogP contribution in [0.4, 0.5) is 0 Å². The second-order valence-corrected chi connectivity index (χ2v) is 6.03. The zero-order valence-electron chi connectivity index (χ0n) is 13.6. The molecular weight excluding hydrogens is 292 g/mol. The molecule has 2 rings (SSSR count). The first kappa shape index (κ1) is 17.2. The van der Waals surface area contributed by atoms with Crippen LogP contribution in [-0.4, -0.2) is 22.4 Å². The fourth-order valence-electron chi connectivity index (χ4n) is 2.69. The minimum Gasteiger partial charge on any atom is -0.508 e. The standard InChI is InChI=1S/C19H24O4/c1-13(9-14-4-6-18(23-2)7-5-14)3-8-19(22)15-10-16(20)12-17(21)11-15/h4-7,10-13,19-22H,3,8-9H2,1-2H3/t13-,19+/m0/s1. The summed E-state index contributed by atoms with van der Waals surface area (Å²) in [6.07, 6.45) is 1.68. The highest BCUT2D eigenvalue weighted by Gasteiger charge is 2.12. The third kappa shape index (κ3) is 5.18. The Morgan fingerprint density at radius 1 is 0.957 bits per heavy atom. The minimum atomic E-state index is -0.689. The van der Waals surface area contributed by atoms with E-state index in [9.17, 15) is 15.3 Å². The van der Waals surface area contributed by atoms with Gasteiger partial charge in [0.1, 0.15) is 17.2 Å². The zero-order chi connectivity index (χ0) is 16.8. The predicted molar refractivity (Wildman–Crippen MR) is 89.8 cm³/mol. The van der Waals surface area contributed by atoms with Crippen LogP contribution in [0, 0.1) is 5.92 Å². The van der Waals surface area contributed by atoms with Gasteiger partial charge >= 0.3 is 0 Å². The molecule has 0 amide bonds. The Kier molecular flexibility index (Phi) is 5.88. The topological polar surface area (TPSA) is 69.9 Å². The van der Waals surface area contributed by atoms with E-state index in [1.54, 1.807) is 7.11 Å². The Morgan fingerprint density at radius 3 is 2.13 bits per heavy atom. The molecule has 0 saturated carbocycles. The van der Waals surface area contributed by atoms with Gasteiger partial charge in [0.2, 0.25) is 0 Å². The van der Waals surface area contributed by atoms with Gasteiger partial charge in [0.15, 0.2) is 0 Å². The number of benzene rings is 2. The van der Waals surface area contributed by atoms with Crippen LogP contribution in [0.15, 0.2) is 42.5 Å². The third-order valence-electron chi connectivity index (χ3n) is 3.99. The van der Waals surface area contributed by atoms with E-state index in [1.807, 2.05) is 12.1 Å². The van der Waals surface area contributed by atoms with Crippen molar-refractivity contribution in [1.29, 1.82) is 0 Å². The maximum absolute atomic E-state index is 10.2. The van der Waals surface area contributed by atoms with E-state index in [1.165, 1.54) is 23.8 Å². The first-order valence-corrected chi connectivity index (χ1v) is 7.82. The molecule has 0 aliphatic carbocycles. The van der Waals surface area contributed by atoms with Crippen LogP contribution in [-0.2, 0) is 6.42 Å². The summed E-state index contributed by atoms with van der Waals surface area (Å²) < 4.78 is 5.15. The smallest absolute Gasteiger partial charge is 0.119 e. The Morgan fingerprint density at radius 2 is 1.57 bits per heavy atom. The second-order valence-electron chi connectivity index (χ2n) is 6.03. The number of aromatic hydroxyl groups is 2. The van der Waals surface area contributed by atoms with Gasteiger partial charge in [0.25, 0.3) is 0 Å². The molecule has 2 aromatic carbocycles. The number of aliphatic hydroxyl groups is 1. The number of aliphatic hydroxyl groups excluding tert-OH is 1. The maximum atomic E-state index is 10.2. The molecule has 0 aliphatic rings. The number of phenolic OH excluding ortho intramolecular Hbond substituents is 2. The van der Waals surface area contributed by atoms with Gasteiger partial charge in [-0.05, 0) is 60.6 Å². The number of ether oxygens (including phenoxy) is 1.